The molecule has 2 saturated heterocycles. The summed E-state index contributed by atoms with van der Waals surface area (Å²) in [7, 11) is -3.14. The molecule has 19 heavy (non-hydrogen) atoms. The first-order valence-corrected chi connectivity index (χ1v) is 8.37. The van der Waals surface area contributed by atoms with E-state index < -0.39 is 10.0 Å². The number of ether oxygens (including phenoxy) is 1. The van der Waals surface area contributed by atoms with Crippen LogP contribution in [0.5, 0.6) is 0 Å². The second-order valence-electron chi connectivity index (χ2n) is 5.06. The molecule has 0 aromatic carbocycles. The van der Waals surface area contributed by atoms with Gasteiger partial charge in [-0.3, -0.25) is 0 Å². The van der Waals surface area contributed by atoms with Crippen LogP contribution in [0.3, 0.4) is 0 Å². The molecule has 2 fully saturated rings. The average molecular weight is 291 g/mol. The van der Waals surface area contributed by atoms with E-state index in [9.17, 15) is 13.2 Å². The van der Waals surface area contributed by atoms with Gasteiger partial charge in [0.2, 0.25) is 10.0 Å². The smallest absolute Gasteiger partial charge is 0.317 e. The van der Waals surface area contributed by atoms with Gasteiger partial charge in [-0.15, -0.1) is 0 Å². The minimum atomic E-state index is -3.14. The highest BCUT2D eigenvalue weighted by molar-refractivity contribution is 7.88. The molecule has 8 heteroatoms. The second kappa shape index (κ2) is 6.06. The first kappa shape index (κ1) is 14.5. The van der Waals surface area contributed by atoms with E-state index in [2.05, 4.69) is 5.32 Å². The Morgan fingerprint density at radius 1 is 1.32 bits per heavy atom. The maximum absolute atomic E-state index is 11.9. The van der Waals surface area contributed by atoms with Crippen LogP contribution in [-0.4, -0.2) is 75.8 Å². The fraction of sp³-hybridized carbons (Fsp3) is 0.909. The summed E-state index contributed by atoms with van der Waals surface area (Å²) in [6.07, 6.45) is 2.19. The Labute approximate surface area is 113 Å². The second-order valence-corrected chi connectivity index (χ2v) is 7.05. The summed E-state index contributed by atoms with van der Waals surface area (Å²) in [6.45, 7) is 3.75. The lowest BCUT2D eigenvalue weighted by Crippen LogP contribution is -2.53. The maximum atomic E-state index is 11.9. The zero-order chi connectivity index (χ0) is 13.9. The number of rotatable bonds is 3. The van der Waals surface area contributed by atoms with Crippen LogP contribution >= 0.6 is 0 Å². The van der Waals surface area contributed by atoms with Crippen LogP contribution in [0, 0.1) is 5.92 Å². The number of hydrogen-bond donors (Lipinski definition) is 1. The van der Waals surface area contributed by atoms with Crippen molar-refractivity contribution in [2.45, 2.75) is 6.42 Å². The Balaban J connectivity index is 1.73. The first-order chi connectivity index (χ1) is 8.97. The molecule has 0 unspecified atom stereocenters. The van der Waals surface area contributed by atoms with E-state index in [1.807, 2.05) is 0 Å². The van der Waals surface area contributed by atoms with Crippen LogP contribution in [-0.2, 0) is 14.8 Å². The topological polar surface area (TPSA) is 79.0 Å². The van der Waals surface area contributed by atoms with Crippen molar-refractivity contribution in [1.82, 2.24) is 14.5 Å². The van der Waals surface area contributed by atoms with E-state index in [-0.39, 0.29) is 6.03 Å². The molecule has 2 heterocycles. The number of piperazine rings is 1. The van der Waals surface area contributed by atoms with Crippen LogP contribution in [0.25, 0.3) is 0 Å². The van der Waals surface area contributed by atoms with Gasteiger partial charge in [0.1, 0.15) is 0 Å². The Bertz CT molecular complexity index is 412. The van der Waals surface area contributed by atoms with Crippen molar-refractivity contribution in [2.24, 2.45) is 5.92 Å². The molecule has 0 bridgehead atoms. The highest BCUT2D eigenvalue weighted by Crippen LogP contribution is 2.11. The fourth-order valence-corrected chi connectivity index (χ4v) is 3.14. The maximum Gasteiger partial charge on any atom is 0.317 e. The molecule has 7 nitrogen and oxygen atoms in total. The number of nitrogens with one attached hydrogen (secondary N) is 1. The van der Waals surface area contributed by atoms with Crippen LogP contribution in [0.15, 0.2) is 0 Å². The fourth-order valence-electron chi connectivity index (χ4n) is 2.31. The molecule has 0 saturated carbocycles. The quantitative estimate of drug-likeness (QED) is 0.746. The average Bonchev–Trinajstić information content (AvgIpc) is 2.88. The van der Waals surface area contributed by atoms with E-state index in [0.29, 0.717) is 45.2 Å². The van der Waals surface area contributed by atoms with Crippen LogP contribution in [0.2, 0.25) is 0 Å². The van der Waals surface area contributed by atoms with Gasteiger partial charge in [-0.25, -0.2) is 13.2 Å². The van der Waals surface area contributed by atoms with Crippen molar-refractivity contribution in [3.63, 3.8) is 0 Å². The minimum Gasteiger partial charge on any atom is -0.381 e. The highest BCUT2D eigenvalue weighted by atomic mass is 32.2. The third-order valence-electron chi connectivity index (χ3n) is 3.56. The summed E-state index contributed by atoms with van der Waals surface area (Å²) in [6, 6.07) is -0.111. The van der Waals surface area contributed by atoms with Crippen molar-refractivity contribution in [1.29, 1.82) is 0 Å². The first-order valence-electron chi connectivity index (χ1n) is 6.52. The van der Waals surface area contributed by atoms with Gasteiger partial charge < -0.3 is 15.0 Å². The van der Waals surface area contributed by atoms with Crippen molar-refractivity contribution < 1.29 is 17.9 Å². The molecule has 2 aliphatic rings. The van der Waals surface area contributed by atoms with Crippen molar-refractivity contribution in [3.05, 3.63) is 0 Å². The Morgan fingerprint density at radius 2 is 2.00 bits per heavy atom. The zero-order valence-corrected chi connectivity index (χ0v) is 12.0. The van der Waals surface area contributed by atoms with Crippen molar-refractivity contribution in [3.8, 4) is 0 Å². The lowest BCUT2D eigenvalue weighted by Gasteiger charge is -2.33. The van der Waals surface area contributed by atoms with Gasteiger partial charge >= 0.3 is 6.03 Å². The summed E-state index contributed by atoms with van der Waals surface area (Å²) >= 11 is 0. The monoisotopic (exact) mass is 291 g/mol. The van der Waals surface area contributed by atoms with E-state index >= 15 is 0 Å². The summed E-state index contributed by atoms with van der Waals surface area (Å²) in [5, 5.41) is 2.89. The highest BCUT2D eigenvalue weighted by Gasteiger charge is 2.26. The molecule has 0 aromatic rings. The number of carbonyl (C=O) groups is 1. The van der Waals surface area contributed by atoms with Crippen LogP contribution < -0.4 is 5.32 Å². The van der Waals surface area contributed by atoms with E-state index in [4.69, 9.17) is 4.74 Å². The molecule has 2 amide bonds. The molecular formula is C11H21N3O4S. The lowest BCUT2D eigenvalue weighted by molar-refractivity contribution is 0.167. The van der Waals surface area contributed by atoms with Crippen LogP contribution in [0.4, 0.5) is 4.79 Å². The SMILES string of the molecule is CS(=O)(=O)N1CCN(C(=O)NC[C@@H]2CCOC2)CC1. The molecule has 2 aliphatic heterocycles. The predicted molar refractivity (Wildman–Crippen MR) is 70.3 cm³/mol. The molecule has 0 radical (unpaired) electrons. The van der Waals surface area contributed by atoms with E-state index in [0.717, 1.165) is 13.0 Å². The number of urea groups is 1. The number of hydrogen-bond acceptors (Lipinski definition) is 4. The Kier molecular flexibility index (Phi) is 4.64. The number of amides is 2. The Hall–Kier alpha value is -0.860. The number of nitrogens with zero attached hydrogens (tertiary/aromatic N) is 2. The molecule has 1 N–H and O–H groups in total. The number of carbonyl (C=O) groups excluding carboxylic acids is 1. The normalized spacial score (nSPS) is 25.5. The predicted octanol–water partition coefficient (Wildman–Crippen LogP) is -0.690. The Morgan fingerprint density at radius 3 is 2.53 bits per heavy atom. The number of sulfonamides is 1. The minimum absolute atomic E-state index is 0.111. The molecule has 110 valence electrons. The van der Waals surface area contributed by atoms with Gasteiger partial charge in [0.05, 0.1) is 12.9 Å². The van der Waals surface area contributed by atoms with Crippen molar-refractivity contribution in [2.75, 3.05) is 52.2 Å². The third-order valence-corrected chi connectivity index (χ3v) is 4.86. The summed E-state index contributed by atoms with van der Waals surface area (Å²) in [4.78, 5) is 13.6. The van der Waals surface area contributed by atoms with Gasteiger partial charge in [0.25, 0.3) is 0 Å². The molecule has 1 atom stereocenters. The summed E-state index contributed by atoms with van der Waals surface area (Å²) in [5.41, 5.74) is 0. The lowest BCUT2D eigenvalue weighted by atomic mass is 10.1. The largest absolute Gasteiger partial charge is 0.381 e. The van der Waals surface area contributed by atoms with Gasteiger partial charge in [0.15, 0.2) is 0 Å². The standard InChI is InChI=1S/C11H21N3O4S/c1-19(16,17)14-5-3-13(4-6-14)11(15)12-8-10-2-7-18-9-10/h10H,2-9H2,1H3,(H,12,15)/t10-/m0/s1. The summed E-state index contributed by atoms with van der Waals surface area (Å²) < 4.78 is 29.4. The molecule has 0 aromatic heterocycles. The van der Waals surface area contributed by atoms with Crippen molar-refractivity contribution >= 4 is 16.1 Å². The molecule has 0 spiro atoms. The third kappa shape index (κ3) is 4.05. The van der Waals surface area contributed by atoms with E-state index in [1.165, 1.54) is 10.6 Å². The zero-order valence-electron chi connectivity index (χ0n) is 11.2. The summed E-state index contributed by atoms with van der Waals surface area (Å²) in [5.74, 6) is 0.404. The van der Waals surface area contributed by atoms with Gasteiger partial charge in [0, 0.05) is 45.2 Å². The van der Waals surface area contributed by atoms with Crippen LogP contribution in [0.1, 0.15) is 6.42 Å². The molecule has 0 aliphatic carbocycles. The van der Waals surface area contributed by atoms with Gasteiger partial charge in [-0.05, 0) is 6.42 Å². The molecular weight excluding hydrogens is 270 g/mol. The molecule has 2 rings (SSSR count). The van der Waals surface area contributed by atoms with E-state index in [1.54, 1.807) is 4.90 Å². The van der Waals surface area contributed by atoms with Gasteiger partial charge in [-0.1, -0.05) is 0 Å². The van der Waals surface area contributed by atoms with Gasteiger partial charge in [-0.2, -0.15) is 4.31 Å².